The third-order valence-electron chi connectivity index (χ3n) is 2.98. The van der Waals surface area contributed by atoms with Crippen molar-refractivity contribution in [2.75, 3.05) is 20.0 Å². The minimum Gasteiger partial charge on any atom is -0.493 e. The van der Waals surface area contributed by atoms with E-state index >= 15 is 0 Å². The Labute approximate surface area is 112 Å². The number of rotatable bonds is 5. The van der Waals surface area contributed by atoms with E-state index in [0.717, 1.165) is 29.7 Å². The minimum absolute atomic E-state index is 0.381. The van der Waals surface area contributed by atoms with E-state index in [2.05, 4.69) is 12.1 Å². The summed E-state index contributed by atoms with van der Waals surface area (Å²) in [6, 6.07) is 5.63. The highest BCUT2D eigenvalue weighted by molar-refractivity contribution is 5.69. The van der Waals surface area contributed by atoms with Crippen molar-refractivity contribution >= 4 is 5.88 Å². The van der Waals surface area contributed by atoms with E-state index in [1.807, 2.05) is 18.2 Å². The molecule has 2 aromatic rings. The third-order valence-corrected chi connectivity index (χ3v) is 2.98. The van der Waals surface area contributed by atoms with Crippen molar-refractivity contribution in [3.8, 4) is 22.8 Å². The monoisotopic (exact) mass is 262 g/mol. The number of methoxy groups -OCH3 is 2. The molecule has 0 aliphatic rings. The van der Waals surface area contributed by atoms with E-state index in [0.29, 0.717) is 17.4 Å². The number of ether oxygens (including phenoxy) is 2. The molecule has 5 nitrogen and oxygen atoms in total. The molecule has 0 radical (unpaired) electrons. The van der Waals surface area contributed by atoms with Gasteiger partial charge in [0, 0.05) is 11.1 Å². The molecule has 102 valence electrons. The zero-order valence-corrected chi connectivity index (χ0v) is 11.4. The lowest BCUT2D eigenvalue weighted by Gasteiger charge is -2.09. The Morgan fingerprint density at radius 2 is 1.95 bits per heavy atom. The molecule has 0 fully saturated rings. The Hall–Kier alpha value is -2.17. The number of anilines is 1. The van der Waals surface area contributed by atoms with Crippen LogP contribution in [0, 0.1) is 0 Å². The highest BCUT2D eigenvalue weighted by Crippen LogP contribution is 2.34. The summed E-state index contributed by atoms with van der Waals surface area (Å²) < 4.78 is 15.6. The maximum atomic E-state index is 5.81. The molecule has 1 heterocycles. The number of nitrogens with two attached hydrogens (primary N) is 1. The Morgan fingerprint density at radius 3 is 2.58 bits per heavy atom. The van der Waals surface area contributed by atoms with Crippen LogP contribution in [-0.4, -0.2) is 19.4 Å². The van der Waals surface area contributed by atoms with Crippen LogP contribution in [0.4, 0.5) is 5.88 Å². The van der Waals surface area contributed by atoms with Crippen LogP contribution in [0.2, 0.25) is 0 Å². The number of nitrogen functional groups attached to an aromatic ring is 1. The van der Waals surface area contributed by atoms with Gasteiger partial charge in [-0.3, -0.25) is 0 Å². The first kappa shape index (κ1) is 13.3. The van der Waals surface area contributed by atoms with Crippen molar-refractivity contribution in [1.82, 2.24) is 5.16 Å². The lowest BCUT2D eigenvalue weighted by atomic mass is 10.0. The van der Waals surface area contributed by atoms with Gasteiger partial charge in [0.05, 0.1) is 14.2 Å². The summed E-state index contributed by atoms with van der Waals surface area (Å²) in [6.07, 6.45) is 1.81. The van der Waals surface area contributed by atoms with Gasteiger partial charge in [0.2, 0.25) is 5.88 Å². The van der Waals surface area contributed by atoms with E-state index in [1.165, 1.54) is 0 Å². The standard InChI is InChI=1S/C14H18N2O3/c1-4-5-10-13(16-19-14(10)15)9-6-7-11(17-2)12(8-9)18-3/h6-8H,4-5,15H2,1-3H3. The van der Waals surface area contributed by atoms with Crippen molar-refractivity contribution in [2.45, 2.75) is 19.8 Å². The second-order valence-electron chi connectivity index (χ2n) is 4.19. The second-order valence-corrected chi connectivity index (χ2v) is 4.19. The predicted molar refractivity (Wildman–Crippen MR) is 73.5 cm³/mol. The first-order chi connectivity index (χ1) is 9.21. The van der Waals surface area contributed by atoms with E-state index < -0.39 is 0 Å². The van der Waals surface area contributed by atoms with E-state index in [9.17, 15) is 0 Å². The van der Waals surface area contributed by atoms with Gasteiger partial charge in [-0.1, -0.05) is 18.5 Å². The molecule has 0 aliphatic carbocycles. The maximum Gasteiger partial charge on any atom is 0.225 e. The fraction of sp³-hybridized carbons (Fsp3) is 0.357. The van der Waals surface area contributed by atoms with Gasteiger partial charge in [-0.2, -0.15) is 0 Å². The molecule has 1 aromatic heterocycles. The fourth-order valence-electron chi connectivity index (χ4n) is 2.02. The average molecular weight is 262 g/mol. The number of aromatic nitrogens is 1. The molecule has 0 amide bonds. The van der Waals surface area contributed by atoms with Gasteiger partial charge in [-0.15, -0.1) is 0 Å². The fourth-order valence-corrected chi connectivity index (χ4v) is 2.02. The largest absolute Gasteiger partial charge is 0.493 e. The highest BCUT2D eigenvalue weighted by atomic mass is 16.5. The van der Waals surface area contributed by atoms with Gasteiger partial charge in [0.15, 0.2) is 11.5 Å². The Morgan fingerprint density at radius 1 is 1.21 bits per heavy atom. The van der Waals surface area contributed by atoms with E-state index in [1.54, 1.807) is 14.2 Å². The first-order valence-electron chi connectivity index (χ1n) is 6.17. The SMILES string of the molecule is CCCc1c(-c2ccc(OC)c(OC)c2)noc1N. The Bertz CT molecular complexity index is 564. The zero-order valence-electron chi connectivity index (χ0n) is 11.4. The normalized spacial score (nSPS) is 10.5. The Balaban J connectivity index is 2.47. The quantitative estimate of drug-likeness (QED) is 0.897. The second kappa shape index (κ2) is 5.65. The van der Waals surface area contributed by atoms with E-state index in [-0.39, 0.29) is 0 Å². The summed E-state index contributed by atoms with van der Waals surface area (Å²) in [5.74, 6) is 1.72. The molecule has 2 N–H and O–H groups in total. The molecule has 5 heteroatoms. The molecular weight excluding hydrogens is 244 g/mol. The minimum atomic E-state index is 0.381. The van der Waals surface area contributed by atoms with Crippen LogP contribution in [-0.2, 0) is 6.42 Å². The van der Waals surface area contributed by atoms with Gasteiger partial charge in [0.25, 0.3) is 0 Å². The molecular formula is C14H18N2O3. The van der Waals surface area contributed by atoms with Gasteiger partial charge < -0.3 is 19.7 Å². The molecule has 1 aromatic carbocycles. The molecule has 2 rings (SSSR count). The van der Waals surface area contributed by atoms with Crippen LogP contribution in [0.3, 0.4) is 0 Å². The smallest absolute Gasteiger partial charge is 0.225 e. The van der Waals surface area contributed by atoms with Crippen molar-refractivity contribution in [3.63, 3.8) is 0 Å². The lowest BCUT2D eigenvalue weighted by Crippen LogP contribution is -1.94. The topological polar surface area (TPSA) is 70.5 Å². The van der Waals surface area contributed by atoms with Crippen LogP contribution in [0.5, 0.6) is 11.5 Å². The molecule has 0 saturated heterocycles. The van der Waals surface area contributed by atoms with Gasteiger partial charge in [0.1, 0.15) is 5.69 Å². The summed E-state index contributed by atoms with van der Waals surface area (Å²) >= 11 is 0. The van der Waals surface area contributed by atoms with Crippen molar-refractivity contribution < 1.29 is 14.0 Å². The number of nitrogens with zero attached hydrogens (tertiary/aromatic N) is 1. The average Bonchev–Trinajstić information content (AvgIpc) is 2.80. The molecule has 0 spiro atoms. The third kappa shape index (κ3) is 2.50. The summed E-state index contributed by atoms with van der Waals surface area (Å²) in [6.45, 7) is 2.09. The summed E-state index contributed by atoms with van der Waals surface area (Å²) in [5.41, 5.74) is 8.41. The summed E-state index contributed by atoms with van der Waals surface area (Å²) in [5, 5.41) is 4.04. The van der Waals surface area contributed by atoms with Crippen LogP contribution >= 0.6 is 0 Å². The molecule has 0 bridgehead atoms. The lowest BCUT2D eigenvalue weighted by molar-refractivity contribution is 0.355. The zero-order chi connectivity index (χ0) is 13.8. The first-order valence-corrected chi connectivity index (χ1v) is 6.17. The molecule has 0 aliphatic heterocycles. The Kier molecular flexibility index (Phi) is 3.94. The van der Waals surface area contributed by atoms with Crippen LogP contribution in [0.25, 0.3) is 11.3 Å². The predicted octanol–water partition coefficient (Wildman–Crippen LogP) is 2.89. The number of hydrogen-bond acceptors (Lipinski definition) is 5. The van der Waals surface area contributed by atoms with Gasteiger partial charge in [-0.05, 0) is 24.6 Å². The van der Waals surface area contributed by atoms with Crippen LogP contribution in [0.15, 0.2) is 22.7 Å². The maximum absolute atomic E-state index is 5.81. The molecule has 19 heavy (non-hydrogen) atoms. The summed E-state index contributed by atoms with van der Waals surface area (Å²) in [7, 11) is 3.21. The van der Waals surface area contributed by atoms with Crippen molar-refractivity contribution in [1.29, 1.82) is 0 Å². The van der Waals surface area contributed by atoms with Crippen molar-refractivity contribution in [3.05, 3.63) is 23.8 Å². The molecule has 0 unspecified atom stereocenters. The van der Waals surface area contributed by atoms with Crippen LogP contribution in [0.1, 0.15) is 18.9 Å². The number of benzene rings is 1. The van der Waals surface area contributed by atoms with E-state index in [4.69, 9.17) is 19.7 Å². The van der Waals surface area contributed by atoms with Crippen LogP contribution < -0.4 is 15.2 Å². The molecule has 0 atom stereocenters. The molecule has 0 saturated carbocycles. The van der Waals surface area contributed by atoms with Gasteiger partial charge >= 0.3 is 0 Å². The van der Waals surface area contributed by atoms with Gasteiger partial charge in [-0.25, -0.2) is 0 Å². The number of hydrogen-bond donors (Lipinski definition) is 1. The summed E-state index contributed by atoms with van der Waals surface area (Å²) in [4.78, 5) is 0. The highest BCUT2D eigenvalue weighted by Gasteiger charge is 2.16. The van der Waals surface area contributed by atoms with Crippen molar-refractivity contribution in [2.24, 2.45) is 0 Å².